The van der Waals surface area contributed by atoms with E-state index in [1.54, 1.807) is 33.0 Å². The number of rotatable bonds is 10. The number of benzene rings is 2. The minimum atomic E-state index is -0.787. The molecule has 4 N–H and O–H groups in total. The molecular weight excluding hydrogens is 546 g/mol. The normalized spacial score (nSPS) is 19.0. The summed E-state index contributed by atoms with van der Waals surface area (Å²) in [6.07, 6.45) is 1.31. The molecule has 41 heavy (non-hydrogen) atoms. The highest BCUT2D eigenvalue weighted by molar-refractivity contribution is 7.22. The van der Waals surface area contributed by atoms with E-state index in [-0.39, 0.29) is 63.7 Å². The van der Waals surface area contributed by atoms with Crippen LogP contribution in [-0.4, -0.2) is 99.9 Å². The fourth-order valence-corrected chi connectivity index (χ4v) is 6.19. The van der Waals surface area contributed by atoms with Gasteiger partial charge in [-0.1, -0.05) is 41.7 Å². The van der Waals surface area contributed by atoms with Crippen molar-refractivity contribution in [3.05, 3.63) is 66.2 Å². The number of nitrogens with zero attached hydrogens (tertiary/aromatic N) is 5. The molecule has 3 heterocycles. The lowest BCUT2D eigenvalue weighted by molar-refractivity contribution is -0.157. The second-order valence-corrected chi connectivity index (χ2v) is 10.8. The number of thiazole rings is 1. The summed E-state index contributed by atoms with van der Waals surface area (Å²) >= 11 is 1.39. The van der Waals surface area contributed by atoms with E-state index >= 15 is 0 Å². The number of nitrogens with two attached hydrogens (primary N) is 1. The zero-order chi connectivity index (χ0) is 29.1. The molecule has 2 aliphatic rings. The molecule has 216 valence electrons. The van der Waals surface area contributed by atoms with Crippen molar-refractivity contribution in [2.75, 3.05) is 45.6 Å². The number of amides is 4. The largest absolute Gasteiger partial charge is 0.491 e. The van der Waals surface area contributed by atoms with Gasteiger partial charge < -0.3 is 30.7 Å². The van der Waals surface area contributed by atoms with E-state index in [4.69, 9.17) is 15.6 Å². The number of ether oxygens (including phenoxy) is 1. The first-order chi connectivity index (χ1) is 19.8. The number of hydrazine groups is 1. The zero-order valence-corrected chi connectivity index (χ0v) is 23.5. The number of nitrogens with one attached hydrogen (secondary N) is 1. The van der Waals surface area contributed by atoms with E-state index in [2.05, 4.69) is 16.9 Å². The summed E-state index contributed by atoms with van der Waals surface area (Å²) in [6, 6.07) is 11.9. The molecule has 1 aromatic heterocycles. The molecule has 5 rings (SSSR count). The fourth-order valence-electron chi connectivity index (χ4n) is 5.41. The minimum absolute atomic E-state index is 0.0459. The molecular formula is C28H33N7O5S. The van der Waals surface area contributed by atoms with Crippen molar-refractivity contribution in [3.63, 3.8) is 0 Å². The Balaban J connectivity index is 1.49. The Morgan fingerprint density at radius 2 is 2.07 bits per heavy atom. The Morgan fingerprint density at radius 3 is 2.78 bits per heavy atom. The zero-order valence-electron chi connectivity index (χ0n) is 22.7. The molecule has 2 aromatic carbocycles. The van der Waals surface area contributed by atoms with Crippen LogP contribution >= 0.6 is 11.3 Å². The van der Waals surface area contributed by atoms with Crippen LogP contribution in [0.25, 0.3) is 10.2 Å². The van der Waals surface area contributed by atoms with Gasteiger partial charge in [0, 0.05) is 20.0 Å². The van der Waals surface area contributed by atoms with Gasteiger partial charge in [-0.05, 0) is 29.3 Å². The van der Waals surface area contributed by atoms with Crippen LogP contribution in [-0.2, 0) is 22.6 Å². The number of urea groups is 1. The van der Waals surface area contributed by atoms with Gasteiger partial charge in [0.25, 0.3) is 0 Å². The maximum absolute atomic E-state index is 14.1. The predicted molar refractivity (Wildman–Crippen MR) is 155 cm³/mol. The number of aromatic nitrogens is 1. The smallest absolute Gasteiger partial charge is 0.332 e. The Kier molecular flexibility index (Phi) is 8.38. The van der Waals surface area contributed by atoms with Crippen molar-refractivity contribution in [3.8, 4) is 5.75 Å². The lowest BCUT2D eigenvalue weighted by Gasteiger charge is -2.46. The Labute approximate surface area is 241 Å². The third-order valence-electron chi connectivity index (χ3n) is 7.22. The van der Waals surface area contributed by atoms with Crippen molar-refractivity contribution < 1.29 is 24.2 Å². The van der Waals surface area contributed by atoms with Crippen LogP contribution in [0.3, 0.4) is 0 Å². The number of hydrogen-bond acceptors (Lipinski definition) is 9. The molecule has 12 nitrogen and oxygen atoms in total. The molecule has 0 unspecified atom stereocenters. The van der Waals surface area contributed by atoms with Crippen molar-refractivity contribution in [1.82, 2.24) is 30.1 Å². The monoisotopic (exact) mass is 579 g/mol. The van der Waals surface area contributed by atoms with Gasteiger partial charge in [-0.3, -0.25) is 14.6 Å². The van der Waals surface area contributed by atoms with Crippen LogP contribution in [0.2, 0.25) is 0 Å². The third kappa shape index (κ3) is 5.69. The number of carbonyl (C=O) groups excluding carboxylic acids is 3. The number of nitrogen functional groups attached to an aromatic ring is 1. The summed E-state index contributed by atoms with van der Waals surface area (Å²) < 4.78 is 6.39. The Morgan fingerprint density at radius 1 is 1.29 bits per heavy atom. The molecule has 0 radical (unpaired) electrons. The summed E-state index contributed by atoms with van der Waals surface area (Å²) in [4.78, 5) is 48.2. The molecule has 2 saturated heterocycles. The highest BCUT2D eigenvalue weighted by Gasteiger charge is 2.52. The SMILES string of the molecule is C=CCN(C(=O)NC)N1CC(=O)N2[C@@H](Cc3ccc(OCCO)cc3)C(=O)N(Cc3cccc4sc(N)nc34)C[C@@H]21. The molecule has 0 spiro atoms. The van der Waals surface area contributed by atoms with E-state index in [0.717, 1.165) is 21.3 Å². The molecule has 2 fully saturated rings. The second-order valence-electron chi connectivity index (χ2n) is 9.78. The van der Waals surface area contributed by atoms with Gasteiger partial charge in [-0.25, -0.2) is 9.78 Å². The number of hydrogen-bond donors (Lipinski definition) is 3. The van der Waals surface area contributed by atoms with Crippen molar-refractivity contribution >= 4 is 44.5 Å². The van der Waals surface area contributed by atoms with Crippen molar-refractivity contribution in [2.24, 2.45) is 0 Å². The number of aliphatic hydroxyl groups excluding tert-OH is 1. The molecule has 4 amide bonds. The van der Waals surface area contributed by atoms with E-state index in [1.807, 2.05) is 30.3 Å². The van der Waals surface area contributed by atoms with Crippen molar-refractivity contribution in [2.45, 2.75) is 25.2 Å². The topological polar surface area (TPSA) is 145 Å². The molecule has 0 bridgehead atoms. The summed E-state index contributed by atoms with van der Waals surface area (Å²) in [5, 5.41) is 15.3. The van der Waals surface area contributed by atoms with Gasteiger partial charge in [0.1, 0.15) is 24.6 Å². The first-order valence-corrected chi connectivity index (χ1v) is 14.1. The summed E-state index contributed by atoms with van der Waals surface area (Å²) in [5.74, 6) is 0.178. The molecule has 2 atom stereocenters. The molecule has 0 saturated carbocycles. The maximum Gasteiger partial charge on any atom is 0.332 e. The molecule has 2 aliphatic heterocycles. The van der Waals surface area contributed by atoms with Gasteiger partial charge in [0.05, 0.1) is 36.5 Å². The summed E-state index contributed by atoms with van der Waals surface area (Å²) in [7, 11) is 1.53. The van der Waals surface area contributed by atoms with Crippen LogP contribution in [0.1, 0.15) is 11.1 Å². The van der Waals surface area contributed by atoms with Crippen LogP contribution in [0.4, 0.5) is 9.93 Å². The van der Waals surface area contributed by atoms with Crippen LogP contribution in [0, 0.1) is 0 Å². The number of aliphatic hydroxyl groups is 1. The van der Waals surface area contributed by atoms with Gasteiger partial charge in [-0.2, -0.15) is 5.01 Å². The predicted octanol–water partition coefficient (Wildman–Crippen LogP) is 1.42. The second kappa shape index (κ2) is 12.1. The average Bonchev–Trinajstić information content (AvgIpc) is 3.52. The van der Waals surface area contributed by atoms with E-state index in [0.29, 0.717) is 10.9 Å². The number of carbonyl (C=O) groups is 3. The number of para-hydroxylation sites is 1. The average molecular weight is 580 g/mol. The number of fused-ring (bicyclic) bond motifs is 2. The van der Waals surface area contributed by atoms with Gasteiger partial charge in [-0.15, -0.1) is 6.58 Å². The van der Waals surface area contributed by atoms with Crippen LogP contribution in [0.5, 0.6) is 5.75 Å². The minimum Gasteiger partial charge on any atom is -0.491 e. The lowest BCUT2D eigenvalue weighted by atomic mass is 9.99. The van der Waals surface area contributed by atoms with Crippen molar-refractivity contribution in [1.29, 1.82) is 0 Å². The first kappa shape index (κ1) is 28.3. The fraction of sp³-hybridized carbons (Fsp3) is 0.357. The highest BCUT2D eigenvalue weighted by atomic mass is 32.1. The standard InChI is InChI=1S/C28H33N7O5S/c1-3-11-33(28(39)30-2)34-17-24(37)35-21(14-18-7-9-20(10-8-18)40-13-12-36)26(38)32(16-23(34)35)15-19-5-4-6-22-25(19)31-27(29)41-22/h3-10,21,23,36H,1,11-17H2,2H3,(H2,29,31)(H,30,39)/t21-,23+/m0/s1. The molecule has 13 heteroatoms. The third-order valence-corrected chi connectivity index (χ3v) is 8.07. The van der Waals surface area contributed by atoms with E-state index in [9.17, 15) is 14.4 Å². The van der Waals surface area contributed by atoms with E-state index in [1.165, 1.54) is 23.4 Å². The summed E-state index contributed by atoms with van der Waals surface area (Å²) in [6.45, 7) is 4.49. The molecule has 3 aromatic rings. The van der Waals surface area contributed by atoms with E-state index < -0.39 is 12.2 Å². The Hall–Kier alpha value is -4.20. The van der Waals surface area contributed by atoms with Crippen LogP contribution < -0.4 is 15.8 Å². The number of piperazine rings is 1. The first-order valence-electron chi connectivity index (χ1n) is 13.3. The Bertz CT molecular complexity index is 1450. The van der Waals surface area contributed by atoms with Gasteiger partial charge in [0.15, 0.2) is 5.13 Å². The van der Waals surface area contributed by atoms with Crippen LogP contribution in [0.15, 0.2) is 55.1 Å². The van der Waals surface area contributed by atoms with Gasteiger partial charge >= 0.3 is 6.03 Å². The quantitative estimate of drug-likeness (QED) is 0.306. The highest BCUT2D eigenvalue weighted by Crippen LogP contribution is 2.32. The summed E-state index contributed by atoms with van der Waals surface area (Å²) in [5.41, 5.74) is 8.42. The van der Waals surface area contributed by atoms with Gasteiger partial charge in [0.2, 0.25) is 11.8 Å². The lowest BCUT2D eigenvalue weighted by Crippen LogP contribution is -2.65. The number of anilines is 1. The molecule has 0 aliphatic carbocycles. The maximum atomic E-state index is 14.1.